The van der Waals surface area contributed by atoms with E-state index in [4.69, 9.17) is 10.8 Å². The molecule has 2 rings (SSSR count). The predicted octanol–water partition coefficient (Wildman–Crippen LogP) is -1.10. The van der Waals surface area contributed by atoms with Crippen LogP contribution in [0.3, 0.4) is 0 Å². The van der Waals surface area contributed by atoms with Gasteiger partial charge in [0.1, 0.15) is 24.2 Å². The third-order valence-corrected chi connectivity index (χ3v) is 5.95. The average molecular weight is 412 g/mol. The molecule has 0 radical (unpaired) electrons. The van der Waals surface area contributed by atoms with Gasteiger partial charge in [-0.15, -0.1) is 0 Å². The number of likely N-dealkylation sites (tertiary alicyclic amines) is 2. The second-order valence-electron chi connectivity index (χ2n) is 7.88. The summed E-state index contributed by atoms with van der Waals surface area (Å²) in [7, 11) is 0. The molecule has 2 fully saturated rings. The average Bonchev–Trinajstić information content (AvgIpc) is 3.38. The lowest BCUT2D eigenvalue weighted by Gasteiger charge is -2.32. The number of carboxylic acid groups (broad SMARTS) is 1. The van der Waals surface area contributed by atoms with Gasteiger partial charge in [0, 0.05) is 13.1 Å². The monoisotopic (exact) mass is 412 g/mol. The van der Waals surface area contributed by atoms with Crippen LogP contribution in [0.15, 0.2) is 0 Å². The van der Waals surface area contributed by atoms with E-state index in [1.807, 2.05) is 6.92 Å². The molecule has 2 aliphatic heterocycles. The second-order valence-corrected chi connectivity index (χ2v) is 7.88. The first-order valence-electron chi connectivity index (χ1n) is 10.2. The third-order valence-electron chi connectivity index (χ3n) is 5.95. The maximum absolute atomic E-state index is 13.1. The molecule has 0 aliphatic carbocycles. The summed E-state index contributed by atoms with van der Waals surface area (Å²) in [5.74, 6) is -2.63. The fraction of sp³-hybridized carbons (Fsp3) is 0.789. The highest BCUT2D eigenvalue weighted by Gasteiger charge is 2.43. The molecular weight excluding hydrogens is 380 g/mol. The van der Waals surface area contributed by atoms with E-state index in [-0.39, 0.29) is 11.8 Å². The summed E-state index contributed by atoms with van der Waals surface area (Å²) in [4.78, 5) is 52.6. The van der Waals surface area contributed by atoms with Crippen LogP contribution in [0.2, 0.25) is 0 Å². The molecular formula is C19H32N4O6. The molecule has 0 saturated carbocycles. The summed E-state index contributed by atoms with van der Waals surface area (Å²) >= 11 is 0. The van der Waals surface area contributed by atoms with Crippen molar-refractivity contribution in [2.45, 2.75) is 70.1 Å². The van der Waals surface area contributed by atoms with Crippen molar-refractivity contribution in [1.82, 2.24) is 15.1 Å². The van der Waals surface area contributed by atoms with Crippen molar-refractivity contribution in [3.63, 3.8) is 0 Å². The Morgan fingerprint density at radius 2 is 1.69 bits per heavy atom. The number of hydrogen-bond acceptors (Lipinski definition) is 6. The van der Waals surface area contributed by atoms with Gasteiger partial charge in [-0.25, -0.2) is 4.79 Å². The number of aliphatic hydroxyl groups is 1. The Morgan fingerprint density at radius 1 is 1.10 bits per heavy atom. The zero-order valence-corrected chi connectivity index (χ0v) is 17.0. The first kappa shape index (κ1) is 23.1. The standard InChI is InChI=1S/C19H32N4O6/c1-3-11(2)15(19(28)29)21-16(25)13-6-4-8-22(13)18(27)14-7-5-9-23(14)17(26)12(20)10-24/h11-15,24H,3-10,20H2,1-2H3,(H,21,25)(H,28,29). The van der Waals surface area contributed by atoms with Crippen LogP contribution in [0, 0.1) is 5.92 Å². The van der Waals surface area contributed by atoms with Gasteiger partial charge < -0.3 is 31.1 Å². The molecule has 0 aromatic rings. The van der Waals surface area contributed by atoms with Crippen molar-refractivity contribution in [2.24, 2.45) is 11.7 Å². The van der Waals surface area contributed by atoms with Crippen molar-refractivity contribution in [3.8, 4) is 0 Å². The highest BCUT2D eigenvalue weighted by atomic mass is 16.4. The number of hydrogen-bond donors (Lipinski definition) is 4. The topological polar surface area (TPSA) is 153 Å². The molecule has 5 atom stereocenters. The van der Waals surface area contributed by atoms with E-state index < -0.39 is 48.6 Å². The molecule has 29 heavy (non-hydrogen) atoms. The Hall–Kier alpha value is -2.20. The van der Waals surface area contributed by atoms with Gasteiger partial charge in [0.25, 0.3) is 0 Å². The summed E-state index contributed by atoms with van der Waals surface area (Å²) in [6.45, 7) is 3.85. The summed E-state index contributed by atoms with van der Waals surface area (Å²) in [5, 5.41) is 21.1. The lowest BCUT2D eigenvalue weighted by atomic mass is 9.98. The molecule has 164 valence electrons. The van der Waals surface area contributed by atoms with Crippen LogP contribution >= 0.6 is 0 Å². The highest BCUT2D eigenvalue weighted by molar-refractivity contribution is 5.94. The third kappa shape index (κ3) is 5.05. The minimum Gasteiger partial charge on any atom is -0.480 e. The number of nitrogens with zero attached hydrogens (tertiary/aromatic N) is 2. The van der Waals surface area contributed by atoms with E-state index in [0.29, 0.717) is 45.2 Å². The molecule has 2 saturated heterocycles. The summed E-state index contributed by atoms with van der Waals surface area (Å²) in [6.07, 6.45) is 2.77. The Balaban J connectivity index is 2.11. The Bertz CT molecular complexity index is 642. The summed E-state index contributed by atoms with van der Waals surface area (Å²) in [5.41, 5.74) is 5.63. The van der Waals surface area contributed by atoms with Crippen LogP contribution in [-0.4, -0.2) is 87.6 Å². The van der Waals surface area contributed by atoms with Gasteiger partial charge >= 0.3 is 5.97 Å². The van der Waals surface area contributed by atoms with Crippen molar-refractivity contribution < 1.29 is 29.4 Å². The summed E-state index contributed by atoms with van der Waals surface area (Å²) in [6, 6.07) is -3.55. The molecule has 3 amide bonds. The van der Waals surface area contributed by atoms with Crippen LogP contribution in [-0.2, 0) is 19.2 Å². The zero-order valence-electron chi connectivity index (χ0n) is 17.0. The Morgan fingerprint density at radius 3 is 2.24 bits per heavy atom. The Labute approximate surface area is 170 Å². The molecule has 0 aromatic carbocycles. The highest BCUT2D eigenvalue weighted by Crippen LogP contribution is 2.25. The van der Waals surface area contributed by atoms with Crippen molar-refractivity contribution in [2.75, 3.05) is 19.7 Å². The largest absolute Gasteiger partial charge is 0.480 e. The number of nitrogens with two attached hydrogens (primary N) is 1. The molecule has 5 unspecified atom stereocenters. The number of nitrogens with one attached hydrogen (secondary N) is 1. The van der Waals surface area contributed by atoms with E-state index in [1.165, 1.54) is 9.80 Å². The van der Waals surface area contributed by atoms with Gasteiger partial charge in [0.2, 0.25) is 17.7 Å². The minimum atomic E-state index is -1.10. The smallest absolute Gasteiger partial charge is 0.326 e. The molecule has 5 N–H and O–H groups in total. The number of amides is 3. The fourth-order valence-electron chi connectivity index (χ4n) is 4.01. The van der Waals surface area contributed by atoms with Crippen LogP contribution in [0.5, 0.6) is 0 Å². The van der Waals surface area contributed by atoms with Gasteiger partial charge in [0.05, 0.1) is 6.61 Å². The van der Waals surface area contributed by atoms with Crippen molar-refractivity contribution in [1.29, 1.82) is 0 Å². The first-order chi connectivity index (χ1) is 13.7. The summed E-state index contributed by atoms with van der Waals surface area (Å²) < 4.78 is 0. The van der Waals surface area contributed by atoms with E-state index in [1.54, 1.807) is 6.92 Å². The van der Waals surface area contributed by atoms with Crippen LogP contribution in [0.4, 0.5) is 0 Å². The van der Waals surface area contributed by atoms with Crippen LogP contribution < -0.4 is 11.1 Å². The molecule has 2 heterocycles. The van der Waals surface area contributed by atoms with Gasteiger partial charge in [-0.1, -0.05) is 20.3 Å². The van der Waals surface area contributed by atoms with E-state index >= 15 is 0 Å². The fourth-order valence-corrected chi connectivity index (χ4v) is 4.01. The van der Waals surface area contributed by atoms with Gasteiger partial charge in [-0.3, -0.25) is 14.4 Å². The van der Waals surface area contributed by atoms with Crippen LogP contribution in [0.25, 0.3) is 0 Å². The minimum absolute atomic E-state index is 0.245. The number of carbonyl (C=O) groups is 4. The number of carboxylic acids is 1. The lowest BCUT2D eigenvalue weighted by Crippen LogP contribution is -2.57. The maximum atomic E-state index is 13.1. The number of aliphatic hydroxyl groups excluding tert-OH is 1. The maximum Gasteiger partial charge on any atom is 0.326 e. The SMILES string of the molecule is CCC(C)C(NC(=O)C1CCCN1C(=O)C1CCCN1C(=O)C(N)CO)C(=O)O. The first-order valence-corrected chi connectivity index (χ1v) is 10.2. The molecule has 0 bridgehead atoms. The second kappa shape index (κ2) is 10.0. The van der Waals surface area contributed by atoms with E-state index in [9.17, 15) is 24.3 Å². The molecule has 10 nitrogen and oxygen atoms in total. The quantitative estimate of drug-likeness (QED) is 0.395. The molecule has 10 heteroatoms. The number of rotatable bonds is 8. The van der Waals surface area contributed by atoms with Crippen LogP contribution in [0.1, 0.15) is 46.0 Å². The van der Waals surface area contributed by atoms with Gasteiger partial charge in [-0.2, -0.15) is 0 Å². The van der Waals surface area contributed by atoms with E-state index in [0.717, 1.165) is 0 Å². The van der Waals surface area contributed by atoms with Gasteiger partial charge in [0.15, 0.2) is 0 Å². The lowest BCUT2D eigenvalue weighted by molar-refractivity contribution is -0.148. The number of aliphatic carboxylic acids is 1. The molecule has 0 spiro atoms. The van der Waals surface area contributed by atoms with E-state index in [2.05, 4.69) is 5.32 Å². The van der Waals surface area contributed by atoms with Crippen molar-refractivity contribution in [3.05, 3.63) is 0 Å². The molecule has 0 aromatic heterocycles. The normalized spacial score (nSPS) is 24.8. The predicted molar refractivity (Wildman–Crippen MR) is 104 cm³/mol. The number of carbonyl (C=O) groups excluding carboxylic acids is 3. The Kier molecular flexibility index (Phi) is 7.97. The van der Waals surface area contributed by atoms with Gasteiger partial charge in [-0.05, 0) is 31.6 Å². The molecule has 2 aliphatic rings. The van der Waals surface area contributed by atoms with Crippen molar-refractivity contribution >= 4 is 23.7 Å². The zero-order chi connectivity index (χ0) is 21.7.